The number of carbonyl (C=O) groups excluding carboxylic acids is 1. The van der Waals surface area contributed by atoms with E-state index in [1.54, 1.807) is 0 Å². The van der Waals surface area contributed by atoms with Crippen LogP contribution in [0.4, 0.5) is 0 Å². The topological polar surface area (TPSA) is 75.6 Å². The highest BCUT2D eigenvalue weighted by Crippen LogP contribution is 2.35. The average molecular weight is 379 g/mol. The molecule has 0 bridgehead atoms. The summed E-state index contributed by atoms with van der Waals surface area (Å²) < 4.78 is 0. The van der Waals surface area contributed by atoms with Gasteiger partial charge in [-0.05, 0) is 24.0 Å². The number of hydrogen-bond donors (Lipinski definition) is 2. The van der Waals surface area contributed by atoms with Crippen molar-refractivity contribution in [2.75, 3.05) is 26.2 Å². The van der Waals surface area contributed by atoms with Gasteiger partial charge in [0.05, 0.1) is 12.1 Å². The molecule has 0 saturated carbocycles. The summed E-state index contributed by atoms with van der Waals surface area (Å²) in [5.74, 6) is 0.223. The number of rotatable bonds is 6. The van der Waals surface area contributed by atoms with E-state index in [4.69, 9.17) is 11.5 Å². The molecule has 0 aliphatic carbocycles. The van der Waals surface area contributed by atoms with Gasteiger partial charge >= 0.3 is 0 Å². The SMILES string of the molecule is NC1CCN(C(C(=O)C(c2ccccc2)N2CCC(N)C2)c2ccccc2)C1. The molecule has 148 valence electrons. The normalized spacial score (nSPS) is 25.6. The molecule has 0 aromatic heterocycles. The molecule has 2 fully saturated rings. The fourth-order valence-corrected chi connectivity index (χ4v) is 4.63. The maximum Gasteiger partial charge on any atom is 0.176 e. The second-order valence-corrected chi connectivity index (χ2v) is 8.12. The van der Waals surface area contributed by atoms with Crippen molar-refractivity contribution in [2.45, 2.75) is 37.0 Å². The lowest BCUT2D eigenvalue weighted by molar-refractivity contribution is -0.129. The highest BCUT2D eigenvalue weighted by Gasteiger charge is 2.40. The first-order chi connectivity index (χ1) is 13.6. The van der Waals surface area contributed by atoms with Gasteiger partial charge in [0.2, 0.25) is 0 Å². The Morgan fingerprint density at radius 2 is 1.14 bits per heavy atom. The van der Waals surface area contributed by atoms with Gasteiger partial charge in [-0.3, -0.25) is 14.6 Å². The van der Waals surface area contributed by atoms with Crippen LogP contribution in [0.5, 0.6) is 0 Å². The maximum atomic E-state index is 14.1. The monoisotopic (exact) mass is 378 g/mol. The summed E-state index contributed by atoms with van der Waals surface area (Å²) in [5.41, 5.74) is 14.5. The largest absolute Gasteiger partial charge is 0.326 e. The molecule has 2 saturated heterocycles. The molecule has 4 N–H and O–H groups in total. The van der Waals surface area contributed by atoms with Crippen LogP contribution in [0.1, 0.15) is 36.1 Å². The summed E-state index contributed by atoms with van der Waals surface area (Å²) in [7, 11) is 0. The highest BCUT2D eigenvalue weighted by molar-refractivity contribution is 5.91. The lowest BCUT2D eigenvalue weighted by Crippen LogP contribution is -2.42. The zero-order valence-corrected chi connectivity index (χ0v) is 16.3. The van der Waals surface area contributed by atoms with Gasteiger partial charge < -0.3 is 11.5 Å². The van der Waals surface area contributed by atoms with Crippen LogP contribution in [0.15, 0.2) is 60.7 Å². The molecule has 28 heavy (non-hydrogen) atoms. The lowest BCUT2D eigenvalue weighted by atomic mass is 9.91. The van der Waals surface area contributed by atoms with Crippen LogP contribution in [-0.2, 0) is 4.79 Å². The molecule has 2 aliphatic heterocycles. The molecule has 2 aliphatic rings. The van der Waals surface area contributed by atoms with Crippen molar-refractivity contribution in [2.24, 2.45) is 11.5 Å². The number of likely N-dealkylation sites (tertiary alicyclic amines) is 2. The maximum absolute atomic E-state index is 14.1. The van der Waals surface area contributed by atoms with Crippen LogP contribution in [0.25, 0.3) is 0 Å². The number of hydrogen-bond acceptors (Lipinski definition) is 5. The molecular weight excluding hydrogens is 348 g/mol. The fraction of sp³-hybridized carbons (Fsp3) is 0.435. The number of Topliss-reactive ketones (excluding diaryl/α,β-unsaturated/α-hetero) is 1. The minimum absolute atomic E-state index is 0.134. The number of ketones is 1. The van der Waals surface area contributed by atoms with E-state index in [-0.39, 0.29) is 30.0 Å². The van der Waals surface area contributed by atoms with Crippen molar-refractivity contribution in [1.82, 2.24) is 9.80 Å². The first kappa shape index (κ1) is 19.3. The molecule has 2 heterocycles. The summed E-state index contributed by atoms with van der Waals surface area (Å²) in [5, 5.41) is 0. The van der Waals surface area contributed by atoms with Crippen molar-refractivity contribution in [3.8, 4) is 0 Å². The molecule has 4 unspecified atom stereocenters. The number of benzene rings is 2. The summed E-state index contributed by atoms with van der Waals surface area (Å²) in [6, 6.07) is 20.0. The summed E-state index contributed by atoms with van der Waals surface area (Å²) in [6.07, 6.45) is 1.86. The van der Waals surface area contributed by atoms with E-state index in [9.17, 15) is 4.79 Å². The van der Waals surface area contributed by atoms with E-state index >= 15 is 0 Å². The van der Waals surface area contributed by atoms with Gasteiger partial charge in [-0.2, -0.15) is 0 Å². The Balaban J connectivity index is 1.71. The van der Waals surface area contributed by atoms with E-state index < -0.39 is 0 Å². The fourth-order valence-electron chi connectivity index (χ4n) is 4.63. The van der Waals surface area contributed by atoms with Gasteiger partial charge in [-0.1, -0.05) is 60.7 Å². The van der Waals surface area contributed by atoms with Gasteiger partial charge in [0.25, 0.3) is 0 Å². The molecule has 4 rings (SSSR count). The molecule has 4 atom stereocenters. The van der Waals surface area contributed by atoms with Gasteiger partial charge in [-0.25, -0.2) is 0 Å². The van der Waals surface area contributed by atoms with Crippen LogP contribution in [0.2, 0.25) is 0 Å². The number of nitrogens with zero attached hydrogens (tertiary/aromatic N) is 2. The van der Waals surface area contributed by atoms with Crippen LogP contribution >= 0.6 is 0 Å². The highest BCUT2D eigenvalue weighted by atomic mass is 16.1. The Hall–Kier alpha value is -2.05. The van der Waals surface area contributed by atoms with Gasteiger partial charge in [-0.15, -0.1) is 0 Å². The lowest BCUT2D eigenvalue weighted by Gasteiger charge is -2.34. The Labute approximate surface area is 167 Å². The van der Waals surface area contributed by atoms with Crippen molar-refractivity contribution >= 4 is 5.78 Å². The van der Waals surface area contributed by atoms with Crippen LogP contribution in [-0.4, -0.2) is 53.8 Å². The second-order valence-electron chi connectivity index (χ2n) is 8.12. The predicted octanol–water partition coefficient (Wildman–Crippen LogP) is 2.10. The molecule has 5 nitrogen and oxygen atoms in total. The van der Waals surface area contributed by atoms with Crippen molar-refractivity contribution in [3.63, 3.8) is 0 Å². The van der Waals surface area contributed by atoms with Crippen molar-refractivity contribution in [3.05, 3.63) is 71.8 Å². The van der Waals surface area contributed by atoms with E-state index in [1.807, 2.05) is 36.4 Å². The molecule has 2 aromatic rings. The first-order valence-electron chi connectivity index (χ1n) is 10.3. The predicted molar refractivity (Wildman–Crippen MR) is 112 cm³/mol. The van der Waals surface area contributed by atoms with Crippen molar-refractivity contribution in [1.29, 1.82) is 0 Å². The zero-order valence-electron chi connectivity index (χ0n) is 16.3. The molecular formula is C23H30N4O. The Morgan fingerprint density at radius 1 is 0.750 bits per heavy atom. The minimum Gasteiger partial charge on any atom is -0.326 e. The van der Waals surface area contributed by atoms with Crippen LogP contribution in [0.3, 0.4) is 0 Å². The third-order valence-corrected chi connectivity index (χ3v) is 6.01. The average Bonchev–Trinajstić information content (AvgIpc) is 3.32. The third kappa shape index (κ3) is 4.03. The van der Waals surface area contributed by atoms with E-state index in [0.717, 1.165) is 50.1 Å². The second kappa shape index (κ2) is 8.53. The summed E-state index contributed by atoms with van der Waals surface area (Å²) in [6.45, 7) is 3.22. The van der Waals surface area contributed by atoms with Gasteiger partial charge in [0.15, 0.2) is 5.78 Å². The van der Waals surface area contributed by atoms with E-state index in [2.05, 4.69) is 34.1 Å². The number of nitrogens with two attached hydrogens (primary N) is 2. The minimum atomic E-state index is -0.281. The van der Waals surface area contributed by atoms with Gasteiger partial charge in [0.1, 0.15) is 0 Å². The Morgan fingerprint density at radius 3 is 1.46 bits per heavy atom. The third-order valence-electron chi connectivity index (χ3n) is 6.01. The van der Waals surface area contributed by atoms with Crippen LogP contribution < -0.4 is 11.5 Å². The smallest absolute Gasteiger partial charge is 0.176 e. The van der Waals surface area contributed by atoms with E-state index in [0.29, 0.717) is 0 Å². The zero-order chi connectivity index (χ0) is 19.5. The Kier molecular flexibility index (Phi) is 5.87. The van der Waals surface area contributed by atoms with Gasteiger partial charge in [0, 0.05) is 38.3 Å². The summed E-state index contributed by atoms with van der Waals surface area (Å²) in [4.78, 5) is 18.6. The first-order valence-corrected chi connectivity index (χ1v) is 10.3. The van der Waals surface area contributed by atoms with E-state index in [1.165, 1.54) is 0 Å². The molecule has 0 spiro atoms. The molecule has 5 heteroatoms. The van der Waals surface area contributed by atoms with Crippen LogP contribution in [0, 0.1) is 0 Å². The molecule has 2 aromatic carbocycles. The quantitative estimate of drug-likeness (QED) is 0.805. The summed E-state index contributed by atoms with van der Waals surface area (Å²) >= 11 is 0. The van der Waals surface area contributed by atoms with Crippen molar-refractivity contribution < 1.29 is 4.79 Å². The molecule has 0 amide bonds. The Bertz CT molecular complexity index is 716. The molecule has 0 radical (unpaired) electrons. The standard InChI is InChI=1S/C23H30N4O/c24-19-11-13-26(15-19)21(17-7-3-1-4-8-17)23(28)22(18-9-5-2-6-10-18)27-14-12-20(25)16-27/h1-10,19-22H,11-16,24-25H2. The number of carbonyl (C=O) groups is 1.